The fourth-order valence-electron chi connectivity index (χ4n) is 2.81. The molecule has 6 nitrogen and oxygen atoms in total. The van der Waals surface area contributed by atoms with Crippen molar-refractivity contribution in [2.75, 3.05) is 13.2 Å². The van der Waals surface area contributed by atoms with Gasteiger partial charge in [0, 0.05) is 0 Å². The van der Waals surface area contributed by atoms with Crippen molar-refractivity contribution in [3.8, 4) is 11.5 Å². The van der Waals surface area contributed by atoms with Crippen LogP contribution in [-0.2, 0) is 16.0 Å². The molecule has 1 amide bonds. The number of hydrogen-bond donors (Lipinski definition) is 2. The highest BCUT2D eigenvalue weighted by molar-refractivity contribution is 6.32. The Morgan fingerprint density at radius 2 is 1.88 bits per heavy atom. The zero-order chi connectivity index (χ0) is 18.5. The number of carboxylic acid groups (broad SMARTS) is 1. The summed E-state index contributed by atoms with van der Waals surface area (Å²) < 4.78 is 11.0. The zero-order valence-electron chi connectivity index (χ0n) is 13.9. The fourth-order valence-corrected chi connectivity index (χ4v) is 3.10. The fraction of sp³-hybridized carbons (Fsp3) is 0.263. The second-order valence-corrected chi connectivity index (χ2v) is 6.31. The van der Waals surface area contributed by atoms with Crippen LogP contribution in [0.3, 0.4) is 0 Å². The second kappa shape index (κ2) is 8.10. The highest BCUT2D eigenvalue weighted by Gasteiger charge is 2.20. The molecule has 0 spiro atoms. The van der Waals surface area contributed by atoms with Gasteiger partial charge < -0.3 is 19.9 Å². The molecule has 1 aliphatic rings. The lowest BCUT2D eigenvalue weighted by atomic mass is 10.0. The highest BCUT2D eigenvalue weighted by atomic mass is 35.5. The Morgan fingerprint density at radius 3 is 2.62 bits per heavy atom. The summed E-state index contributed by atoms with van der Waals surface area (Å²) in [4.78, 5) is 23.6. The number of carboxylic acids is 1. The van der Waals surface area contributed by atoms with Gasteiger partial charge in [0.25, 0.3) is 0 Å². The molecule has 0 bridgehead atoms. The summed E-state index contributed by atoms with van der Waals surface area (Å²) in [6.45, 7) is 0.855. The lowest BCUT2D eigenvalue weighted by Crippen LogP contribution is -2.31. The maximum absolute atomic E-state index is 12.4. The number of aliphatic carboxylic acids is 1. The van der Waals surface area contributed by atoms with Gasteiger partial charge in [0.1, 0.15) is 13.2 Å². The van der Waals surface area contributed by atoms with E-state index in [2.05, 4.69) is 5.32 Å². The van der Waals surface area contributed by atoms with E-state index in [4.69, 9.17) is 26.2 Å². The summed E-state index contributed by atoms with van der Waals surface area (Å²) in [5.74, 6) is -0.291. The summed E-state index contributed by atoms with van der Waals surface area (Å²) in [6.07, 6.45) is -0.142. The van der Waals surface area contributed by atoms with Crippen molar-refractivity contribution in [1.29, 1.82) is 0 Å². The summed E-state index contributed by atoms with van der Waals surface area (Å²) in [6, 6.07) is 11.8. The molecule has 1 aliphatic heterocycles. The Morgan fingerprint density at radius 1 is 1.15 bits per heavy atom. The number of nitrogens with one attached hydrogen (secondary N) is 1. The standard InChI is InChI=1S/C19H18ClNO5/c20-14-8-12(9-16-19(14)26-7-6-25-16)10-17(22)21-15(11-18(23)24)13-4-2-1-3-5-13/h1-5,8-9,15H,6-7,10-11H2,(H,21,22)(H,23,24). The average Bonchev–Trinajstić information content (AvgIpc) is 2.61. The minimum absolute atomic E-state index is 0.0549. The smallest absolute Gasteiger partial charge is 0.305 e. The van der Waals surface area contributed by atoms with Crippen LogP contribution in [0.15, 0.2) is 42.5 Å². The quantitative estimate of drug-likeness (QED) is 0.810. The minimum Gasteiger partial charge on any atom is -0.486 e. The van der Waals surface area contributed by atoms with Crippen LogP contribution in [0.25, 0.3) is 0 Å². The Balaban J connectivity index is 1.72. The first-order valence-electron chi connectivity index (χ1n) is 8.17. The van der Waals surface area contributed by atoms with E-state index in [0.717, 1.165) is 5.56 Å². The van der Waals surface area contributed by atoms with Gasteiger partial charge in [0.05, 0.1) is 23.9 Å². The maximum Gasteiger partial charge on any atom is 0.305 e. The number of ether oxygens (including phenoxy) is 2. The van der Waals surface area contributed by atoms with Gasteiger partial charge in [-0.15, -0.1) is 0 Å². The van der Waals surface area contributed by atoms with Crippen molar-refractivity contribution in [2.24, 2.45) is 0 Å². The molecule has 1 atom stereocenters. The molecular formula is C19H18ClNO5. The predicted molar refractivity (Wildman–Crippen MR) is 95.7 cm³/mol. The maximum atomic E-state index is 12.4. The van der Waals surface area contributed by atoms with Gasteiger partial charge in [-0.25, -0.2) is 0 Å². The van der Waals surface area contributed by atoms with Gasteiger partial charge in [0.15, 0.2) is 11.5 Å². The minimum atomic E-state index is -0.985. The van der Waals surface area contributed by atoms with Crippen LogP contribution < -0.4 is 14.8 Å². The summed E-state index contributed by atoms with van der Waals surface area (Å²) >= 11 is 6.19. The van der Waals surface area contributed by atoms with Crippen LogP contribution in [0.1, 0.15) is 23.6 Å². The van der Waals surface area contributed by atoms with Crippen molar-refractivity contribution < 1.29 is 24.2 Å². The molecule has 0 radical (unpaired) electrons. The number of amides is 1. The van der Waals surface area contributed by atoms with Crippen molar-refractivity contribution >= 4 is 23.5 Å². The Kier molecular flexibility index (Phi) is 5.63. The van der Waals surface area contributed by atoms with Crippen LogP contribution in [0, 0.1) is 0 Å². The molecule has 0 fully saturated rings. The van der Waals surface area contributed by atoms with E-state index in [0.29, 0.717) is 35.3 Å². The Labute approximate surface area is 155 Å². The van der Waals surface area contributed by atoms with Gasteiger partial charge >= 0.3 is 5.97 Å². The third-order valence-electron chi connectivity index (χ3n) is 3.94. The molecule has 2 aromatic rings. The van der Waals surface area contributed by atoms with Crippen molar-refractivity contribution in [1.82, 2.24) is 5.32 Å². The molecule has 7 heteroatoms. The number of carbonyl (C=O) groups excluding carboxylic acids is 1. The van der Waals surface area contributed by atoms with Crippen molar-refractivity contribution in [3.05, 3.63) is 58.6 Å². The van der Waals surface area contributed by atoms with Crippen LogP contribution in [-0.4, -0.2) is 30.2 Å². The number of rotatable bonds is 6. The summed E-state index contributed by atoms with van der Waals surface area (Å²) in [5.41, 5.74) is 1.40. The average molecular weight is 376 g/mol. The normalized spacial score (nSPS) is 13.7. The topological polar surface area (TPSA) is 84.9 Å². The van der Waals surface area contributed by atoms with Crippen LogP contribution in [0.2, 0.25) is 5.02 Å². The molecule has 1 unspecified atom stereocenters. The van der Waals surface area contributed by atoms with E-state index in [1.165, 1.54) is 0 Å². The molecular weight excluding hydrogens is 358 g/mol. The van der Waals surface area contributed by atoms with Gasteiger partial charge in [0.2, 0.25) is 5.91 Å². The number of benzene rings is 2. The highest BCUT2D eigenvalue weighted by Crippen LogP contribution is 2.38. The third-order valence-corrected chi connectivity index (χ3v) is 4.22. The number of hydrogen-bond acceptors (Lipinski definition) is 4. The Hall–Kier alpha value is -2.73. The largest absolute Gasteiger partial charge is 0.486 e. The molecule has 0 saturated heterocycles. The molecule has 0 aromatic heterocycles. The van der Waals surface area contributed by atoms with E-state index in [9.17, 15) is 9.59 Å². The van der Waals surface area contributed by atoms with Gasteiger partial charge in [-0.2, -0.15) is 0 Å². The molecule has 26 heavy (non-hydrogen) atoms. The SMILES string of the molecule is O=C(O)CC(NC(=O)Cc1cc(Cl)c2c(c1)OCCO2)c1ccccc1. The Bertz CT molecular complexity index is 809. The molecule has 0 saturated carbocycles. The van der Waals surface area contributed by atoms with Crippen molar-refractivity contribution in [2.45, 2.75) is 18.9 Å². The number of halogens is 1. The summed E-state index contributed by atoms with van der Waals surface area (Å²) in [5, 5.41) is 12.3. The number of fused-ring (bicyclic) bond motifs is 1. The van der Waals surface area contributed by atoms with Crippen LogP contribution in [0.5, 0.6) is 11.5 Å². The zero-order valence-corrected chi connectivity index (χ0v) is 14.7. The van der Waals surface area contributed by atoms with Crippen molar-refractivity contribution in [3.63, 3.8) is 0 Å². The van der Waals surface area contributed by atoms with Crippen LogP contribution in [0.4, 0.5) is 0 Å². The third kappa shape index (κ3) is 4.46. The van der Waals surface area contributed by atoms with E-state index in [-0.39, 0.29) is 18.7 Å². The molecule has 1 heterocycles. The summed E-state index contributed by atoms with van der Waals surface area (Å²) in [7, 11) is 0. The molecule has 2 aromatic carbocycles. The van der Waals surface area contributed by atoms with Gasteiger partial charge in [-0.05, 0) is 23.3 Å². The first-order valence-corrected chi connectivity index (χ1v) is 8.55. The monoisotopic (exact) mass is 375 g/mol. The lowest BCUT2D eigenvalue weighted by molar-refractivity contribution is -0.137. The van der Waals surface area contributed by atoms with Gasteiger partial charge in [-0.3, -0.25) is 9.59 Å². The lowest BCUT2D eigenvalue weighted by Gasteiger charge is -2.21. The molecule has 2 N–H and O–H groups in total. The first kappa shape index (κ1) is 18.1. The second-order valence-electron chi connectivity index (χ2n) is 5.91. The van der Waals surface area contributed by atoms with E-state index in [1.54, 1.807) is 36.4 Å². The van der Waals surface area contributed by atoms with E-state index < -0.39 is 12.0 Å². The molecule has 0 aliphatic carbocycles. The number of carbonyl (C=O) groups is 2. The molecule has 3 rings (SSSR count). The predicted octanol–water partition coefficient (Wildman–Crippen LogP) is 2.99. The van der Waals surface area contributed by atoms with Gasteiger partial charge in [-0.1, -0.05) is 41.9 Å². The molecule has 136 valence electrons. The van der Waals surface area contributed by atoms with E-state index >= 15 is 0 Å². The van der Waals surface area contributed by atoms with Crippen LogP contribution >= 0.6 is 11.6 Å². The van der Waals surface area contributed by atoms with E-state index in [1.807, 2.05) is 6.07 Å². The first-order chi connectivity index (χ1) is 12.5.